The molecule has 16 heavy (non-hydrogen) atoms. The summed E-state index contributed by atoms with van der Waals surface area (Å²) in [5, 5.41) is 3.03. The molecular weight excluding hydrogens is 206 g/mol. The molecule has 92 valence electrons. The molecule has 0 aromatic heterocycles. The van der Waals surface area contributed by atoms with Crippen molar-refractivity contribution in [2.45, 2.75) is 19.8 Å². The molecule has 1 saturated heterocycles. The van der Waals surface area contributed by atoms with Gasteiger partial charge in [0.1, 0.15) is 0 Å². The monoisotopic (exact) mass is 227 g/mol. The second-order valence-corrected chi connectivity index (χ2v) is 4.04. The average molecular weight is 227 g/mol. The third kappa shape index (κ3) is 3.20. The molecule has 0 radical (unpaired) electrons. The van der Waals surface area contributed by atoms with Gasteiger partial charge in [0.15, 0.2) is 0 Å². The lowest BCUT2D eigenvalue weighted by Crippen LogP contribution is -2.54. The van der Waals surface area contributed by atoms with Crippen LogP contribution in [0, 0.1) is 0 Å². The van der Waals surface area contributed by atoms with Crippen LogP contribution in [-0.4, -0.2) is 61.4 Å². The third-order valence-electron chi connectivity index (χ3n) is 2.75. The van der Waals surface area contributed by atoms with E-state index in [0.29, 0.717) is 26.2 Å². The van der Waals surface area contributed by atoms with E-state index in [-0.39, 0.29) is 11.8 Å². The summed E-state index contributed by atoms with van der Waals surface area (Å²) in [6, 6.07) is 0. The van der Waals surface area contributed by atoms with E-state index in [9.17, 15) is 9.59 Å². The van der Waals surface area contributed by atoms with Crippen LogP contribution in [0.3, 0.4) is 0 Å². The van der Waals surface area contributed by atoms with Crippen LogP contribution in [0.25, 0.3) is 0 Å². The number of hydrogen-bond donors (Lipinski definition) is 1. The average Bonchev–Trinajstić information content (AvgIpc) is 2.28. The molecule has 1 fully saturated rings. The van der Waals surface area contributed by atoms with Crippen molar-refractivity contribution in [2.75, 3.05) is 39.8 Å². The highest BCUT2D eigenvalue weighted by molar-refractivity contribution is 6.35. The Labute approximate surface area is 96.8 Å². The number of amides is 2. The molecular formula is C11H21N3O2. The molecule has 1 N–H and O–H groups in total. The van der Waals surface area contributed by atoms with Gasteiger partial charge >= 0.3 is 11.8 Å². The zero-order chi connectivity index (χ0) is 12.0. The Morgan fingerprint density at radius 3 is 2.19 bits per heavy atom. The number of rotatable bonds is 6. The molecule has 0 spiro atoms. The van der Waals surface area contributed by atoms with Crippen LogP contribution >= 0.6 is 0 Å². The van der Waals surface area contributed by atoms with Crippen molar-refractivity contribution in [3.8, 4) is 0 Å². The van der Waals surface area contributed by atoms with Gasteiger partial charge in [-0.3, -0.25) is 9.59 Å². The van der Waals surface area contributed by atoms with E-state index in [0.717, 1.165) is 19.4 Å². The van der Waals surface area contributed by atoms with E-state index >= 15 is 0 Å². The molecule has 0 unspecified atom stereocenters. The van der Waals surface area contributed by atoms with Crippen molar-refractivity contribution in [3.63, 3.8) is 0 Å². The largest absolute Gasteiger partial charge is 0.333 e. The predicted molar refractivity (Wildman–Crippen MR) is 62.0 cm³/mol. The summed E-state index contributed by atoms with van der Waals surface area (Å²) >= 11 is 0. The fourth-order valence-electron chi connectivity index (χ4n) is 1.86. The fourth-order valence-corrected chi connectivity index (χ4v) is 1.86. The maximum absolute atomic E-state index is 11.7. The van der Waals surface area contributed by atoms with Crippen LogP contribution in [0.15, 0.2) is 0 Å². The lowest BCUT2D eigenvalue weighted by atomic mass is 10.2. The molecule has 1 heterocycles. The van der Waals surface area contributed by atoms with Gasteiger partial charge in [-0.25, -0.2) is 0 Å². The summed E-state index contributed by atoms with van der Waals surface area (Å²) in [7, 11) is 1.88. The molecule has 0 aromatic rings. The van der Waals surface area contributed by atoms with E-state index in [1.165, 1.54) is 0 Å². The van der Waals surface area contributed by atoms with E-state index < -0.39 is 0 Å². The number of nitrogens with one attached hydrogen (secondary N) is 1. The number of nitrogens with zero attached hydrogens (tertiary/aromatic N) is 2. The zero-order valence-corrected chi connectivity index (χ0v) is 10.2. The third-order valence-corrected chi connectivity index (χ3v) is 2.75. The van der Waals surface area contributed by atoms with Gasteiger partial charge in [-0.15, -0.1) is 0 Å². The highest BCUT2D eigenvalue weighted by Gasteiger charge is 2.31. The minimum absolute atomic E-state index is 0.336. The molecule has 0 aromatic carbocycles. The first-order valence-electron chi connectivity index (χ1n) is 5.93. The second kappa shape index (κ2) is 6.48. The van der Waals surface area contributed by atoms with Gasteiger partial charge in [-0.05, 0) is 26.4 Å². The Hall–Kier alpha value is -1.10. The SMILES string of the molecule is CCCN1CCN(CCCNC)C(=O)C1=O. The molecule has 0 aliphatic carbocycles. The van der Waals surface area contributed by atoms with Crippen LogP contribution in [0.4, 0.5) is 0 Å². The summed E-state index contributed by atoms with van der Waals surface area (Å²) in [5.41, 5.74) is 0. The fraction of sp³-hybridized carbons (Fsp3) is 0.818. The Bertz CT molecular complexity index is 256. The molecule has 0 bridgehead atoms. The van der Waals surface area contributed by atoms with Crippen molar-refractivity contribution in [1.29, 1.82) is 0 Å². The molecule has 5 heteroatoms. The molecule has 5 nitrogen and oxygen atoms in total. The summed E-state index contributed by atoms with van der Waals surface area (Å²) in [4.78, 5) is 26.7. The molecule has 1 rings (SSSR count). The Morgan fingerprint density at radius 1 is 1.12 bits per heavy atom. The van der Waals surface area contributed by atoms with Gasteiger partial charge in [0.2, 0.25) is 0 Å². The number of carbonyl (C=O) groups is 2. The van der Waals surface area contributed by atoms with Crippen molar-refractivity contribution >= 4 is 11.8 Å². The number of hydrogen-bond acceptors (Lipinski definition) is 3. The second-order valence-electron chi connectivity index (χ2n) is 4.04. The van der Waals surface area contributed by atoms with Gasteiger partial charge in [0, 0.05) is 26.2 Å². The van der Waals surface area contributed by atoms with Crippen LogP contribution in [-0.2, 0) is 9.59 Å². The van der Waals surface area contributed by atoms with Gasteiger partial charge in [0.05, 0.1) is 0 Å². The lowest BCUT2D eigenvalue weighted by molar-refractivity contribution is -0.156. The summed E-state index contributed by atoms with van der Waals surface area (Å²) in [6.45, 7) is 5.60. The first kappa shape index (κ1) is 13.0. The lowest BCUT2D eigenvalue weighted by Gasteiger charge is -2.33. The van der Waals surface area contributed by atoms with Gasteiger partial charge in [-0.2, -0.15) is 0 Å². The van der Waals surface area contributed by atoms with E-state index in [1.807, 2.05) is 14.0 Å². The molecule has 0 atom stereocenters. The van der Waals surface area contributed by atoms with Crippen molar-refractivity contribution < 1.29 is 9.59 Å². The first-order chi connectivity index (χ1) is 7.70. The molecule has 0 saturated carbocycles. The van der Waals surface area contributed by atoms with Crippen LogP contribution < -0.4 is 5.32 Å². The minimum atomic E-state index is -0.337. The number of piperazine rings is 1. The predicted octanol–water partition coefficient (Wildman–Crippen LogP) is -0.323. The summed E-state index contributed by atoms with van der Waals surface area (Å²) in [5.74, 6) is -0.673. The number of carbonyl (C=O) groups excluding carboxylic acids is 2. The van der Waals surface area contributed by atoms with Crippen molar-refractivity contribution in [2.24, 2.45) is 0 Å². The maximum Gasteiger partial charge on any atom is 0.312 e. The highest BCUT2D eigenvalue weighted by atomic mass is 16.2. The van der Waals surface area contributed by atoms with E-state index in [1.54, 1.807) is 9.80 Å². The van der Waals surface area contributed by atoms with Crippen LogP contribution in [0.1, 0.15) is 19.8 Å². The smallest absolute Gasteiger partial charge is 0.312 e. The van der Waals surface area contributed by atoms with Crippen LogP contribution in [0.5, 0.6) is 0 Å². The summed E-state index contributed by atoms with van der Waals surface area (Å²) < 4.78 is 0. The molecule has 2 amide bonds. The Morgan fingerprint density at radius 2 is 1.69 bits per heavy atom. The van der Waals surface area contributed by atoms with E-state index in [4.69, 9.17) is 0 Å². The standard InChI is InChI=1S/C11H21N3O2/c1-3-6-13-8-9-14(7-4-5-12-2)11(16)10(13)15/h12H,3-9H2,1-2H3. The van der Waals surface area contributed by atoms with Crippen molar-refractivity contribution in [1.82, 2.24) is 15.1 Å². The first-order valence-corrected chi connectivity index (χ1v) is 5.93. The van der Waals surface area contributed by atoms with Gasteiger partial charge in [0.25, 0.3) is 0 Å². The maximum atomic E-state index is 11.7. The molecule has 1 aliphatic rings. The zero-order valence-electron chi connectivity index (χ0n) is 10.2. The Kier molecular flexibility index (Phi) is 5.25. The molecule has 1 aliphatic heterocycles. The van der Waals surface area contributed by atoms with Crippen molar-refractivity contribution in [3.05, 3.63) is 0 Å². The Balaban J connectivity index is 2.42. The highest BCUT2D eigenvalue weighted by Crippen LogP contribution is 2.06. The van der Waals surface area contributed by atoms with Gasteiger partial charge < -0.3 is 15.1 Å². The summed E-state index contributed by atoms with van der Waals surface area (Å²) in [6.07, 6.45) is 1.79. The van der Waals surface area contributed by atoms with Crippen LogP contribution in [0.2, 0.25) is 0 Å². The minimum Gasteiger partial charge on any atom is -0.333 e. The quantitative estimate of drug-likeness (QED) is 0.499. The van der Waals surface area contributed by atoms with Gasteiger partial charge in [-0.1, -0.05) is 6.92 Å². The van der Waals surface area contributed by atoms with E-state index in [2.05, 4.69) is 5.32 Å². The normalized spacial score (nSPS) is 17.1. The topological polar surface area (TPSA) is 52.6 Å².